The number of ether oxygens (including phenoxy) is 1. The van der Waals surface area contributed by atoms with Crippen LogP contribution >= 0.6 is 23.2 Å². The maximum atomic E-state index is 13.7. The van der Waals surface area contributed by atoms with E-state index in [0.29, 0.717) is 10.0 Å². The van der Waals surface area contributed by atoms with Gasteiger partial charge in [-0.1, -0.05) is 77.8 Å². The highest BCUT2D eigenvalue weighted by molar-refractivity contribution is 6.30. The van der Waals surface area contributed by atoms with Crippen LogP contribution in [0.5, 0.6) is 0 Å². The molecule has 4 atom stereocenters. The molecule has 0 spiro atoms. The fraction of sp³-hybridized carbons (Fsp3) is 0.231. The largest absolute Gasteiger partial charge is 0.481 e. The minimum Gasteiger partial charge on any atom is -0.481 e. The number of carbonyl (C=O) groups is 2. The maximum absolute atomic E-state index is 13.7. The van der Waals surface area contributed by atoms with Crippen LogP contribution in [0, 0.1) is 0 Å². The lowest BCUT2D eigenvalue weighted by Gasteiger charge is -2.47. The molecule has 1 heterocycles. The third-order valence-corrected chi connectivity index (χ3v) is 6.36. The van der Waals surface area contributed by atoms with Crippen LogP contribution in [0.3, 0.4) is 0 Å². The Kier molecular flexibility index (Phi) is 7.03. The summed E-state index contributed by atoms with van der Waals surface area (Å²) in [5, 5.41) is 10.6. The van der Waals surface area contributed by atoms with E-state index in [0.717, 1.165) is 16.7 Å². The maximum Gasteiger partial charge on any atom is 0.306 e. The van der Waals surface area contributed by atoms with Crippen LogP contribution in [-0.4, -0.2) is 28.0 Å². The summed E-state index contributed by atoms with van der Waals surface area (Å²) < 4.78 is 6.20. The lowest BCUT2D eigenvalue weighted by molar-refractivity contribution is -0.183. The molecule has 0 unspecified atom stereocenters. The molecule has 0 saturated carbocycles. The predicted octanol–water partition coefficient (Wildman–Crippen LogP) is 6.24. The highest BCUT2D eigenvalue weighted by Crippen LogP contribution is 2.46. The number of hydrogen-bond donors (Lipinski definition) is 1. The third-order valence-electron chi connectivity index (χ3n) is 5.88. The topological polar surface area (TPSA) is 66.8 Å². The van der Waals surface area contributed by atoms with Crippen LogP contribution in [0.2, 0.25) is 10.0 Å². The third kappa shape index (κ3) is 5.06. The van der Waals surface area contributed by atoms with Crippen molar-refractivity contribution in [3.05, 3.63) is 106 Å². The summed E-state index contributed by atoms with van der Waals surface area (Å²) in [6.45, 7) is 1.94. The van der Waals surface area contributed by atoms with Gasteiger partial charge in [0.1, 0.15) is 12.2 Å². The van der Waals surface area contributed by atoms with E-state index < -0.39 is 30.6 Å². The van der Waals surface area contributed by atoms with E-state index in [2.05, 4.69) is 0 Å². The number of benzene rings is 3. The smallest absolute Gasteiger partial charge is 0.306 e. The van der Waals surface area contributed by atoms with Gasteiger partial charge in [-0.3, -0.25) is 9.59 Å². The van der Waals surface area contributed by atoms with Gasteiger partial charge in [0.05, 0.1) is 18.5 Å². The first-order valence-electron chi connectivity index (χ1n) is 10.6. The zero-order chi connectivity index (χ0) is 23.5. The summed E-state index contributed by atoms with van der Waals surface area (Å²) in [5.74, 6) is -1.47. The summed E-state index contributed by atoms with van der Waals surface area (Å²) in [4.78, 5) is 27.0. The van der Waals surface area contributed by atoms with Gasteiger partial charge in [0.15, 0.2) is 0 Å². The standard InChI is InChI=1S/C26H23Cl2NO4/c1-16(17-6-3-2-4-7-17)29-24(18-10-12-20(27)13-11-18)25(19-8-5-9-21(28)14-19)33-22(26(29)32)15-23(30)31/h2-14,16,22,24-25H,15H2,1H3,(H,30,31)/t16-,22+,24-,25-/m1/s1. The normalized spacial score (nSPS) is 21.6. The Bertz CT molecular complexity index is 1140. The van der Waals surface area contributed by atoms with E-state index in [-0.39, 0.29) is 11.9 Å². The van der Waals surface area contributed by atoms with Crippen molar-refractivity contribution < 1.29 is 19.4 Å². The molecule has 1 saturated heterocycles. The molecule has 0 bridgehead atoms. The average Bonchev–Trinajstić information content (AvgIpc) is 2.80. The number of halogens is 2. The van der Waals surface area contributed by atoms with Gasteiger partial charge in [-0.15, -0.1) is 0 Å². The van der Waals surface area contributed by atoms with Gasteiger partial charge in [0, 0.05) is 10.0 Å². The molecule has 5 nitrogen and oxygen atoms in total. The van der Waals surface area contributed by atoms with E-state index in [1.807, 2.05) is 61.5 Å². The number of carboxylic acid groups (broad SMARTS) is 1. The average molecular weight is 484 g/mol. The van der Waals surface area contributed by atoms with E-state index in [4.69, 9.17) is 27.9 Å². The quantitative estimate of drug-likeness (QED) is 0.450. The SMILES string of the molecule is C[C@H](c1ccccc1)N1C(=O)[C@H](CC(=O)O)O[C@H](c2cccc(Cl)c2)[C@H]1c1ccc(Cl)cc1. The molecule has 1 aliphatic heterocycles. The molecule has 170 valence electrons. The number of hydrogen-bond acceptors (Lipinski definition) is 3. The zero-order valence-corrected chi connectivity index (χ0v) is 19.4. The summed E-state index contributed by atoms with van der Waals surface area (Å²) in [6.07, 6.45) is -2.18. The Labute approximate surface area is 202 Å². The monoisotopic (exact) mass is 483 g/mol. The molecule has 3 aromatic rings. The van der Waals surface area contributed by atoms with Gasteiger partial charge in [-0.05, 0) is 47.9 Å². The second kappa shape index (κ2) is 9.96. The van der Waals surface area contributed by atoms with Crippen molar-refractivity contribution in [2.24, 2.45) is 0 Å². The molecule has 1 N–H and O–H groups in total. The van der Waals surface area contributed by atoms with E-state index in [9.17, 15) is 14.7 Å². The molecule has 7 heteroatoms. The molecule has 0 aliphatic carbocycles. The molecule has 1 fully saturated rings. The number of amides is 1. The van der Waals surface area contributed by atoms with E-state index in [1.165, 1.54) is 0 Å². The summed E-state index contributed by atoms with van der Waals surface area (Å²) in [7, 11) is 0. The second-order valence-electron chi connectivity index (χ2n) is 8.03. The first-order chi connectivity index (χ1) is 15.8. The van der Waals surface area contributed by atoms with Crippen LogP contribution in [0.15, 0.2) is 78.9 Å². The molecular weight excluding hydrogens is 461 g/mol. The van der Waals surface area contributed by atoms with Gasteiger partial charge in [0.25, 0.3) is 5.91 Å². The van der Waals surface area contributed by atoms with Crippen LogP contribution in [0.4, 0.5) is 0 Å². The fourth-order valence-electron chi connectivity index (χ4n) is 4.32. The number of aliphatic carboxylic acids is 1. The number of nitrogens with zero attached hydrogens (tertiary/aromatic N) is 1. The highest BCUT2D eigenvalue weighted by atomic mass is 35.5. The number of morpholine rings is 1. The van der Waals surface area contributed by atoms with Crippen molar-refractivity contribution in [3.8, 4) is 0 Å². The molecule has 1 amide bonds. The lowest BCUT2D eigenvalue weighted by Crippen LogP contribution is -2.52. The first-order valence-corrected chi connectivity index (χ1v) is 11.4. The summed E-state index contributed by atoms with van der Waals surface area (Å²) in [6, 6.07) is 23.3. The Morgan fingerprint density at radius 1 is 0.970 bits per heavy atom. The van der Waals surface area contributed by atoms with Crippen molar-refractivity contribution in [1.82, 2.24) is 4.90 Å². The Hall–Kier alpha value is -2.86. The molecule has 4 rings (SSSR count). The zero-order valence-electron chi connectivity index (χ0n) is 17.9. The van der Waals surface area contributed by atoms with Crippen molar-refractivity contribution >= 4 is 35.1 Å². The minimum atomic E-state index is -1.12. The molecule has 0 radical (unpaired) electrons. The van der Waals surface area contributed by atoms with Crippen LogP contribution in [-0.2, 0) is 14.3 Å². The van der Waals surface area contributed by atoms with E-state index in [1.54, 1.807) is 29.2 Å². The van der Waals surface area contributed by atoms with Gasteiger partial charge < -0.3 is 14.7 Å². The number of rotatable bonds is 6. The molecule has 1 aliphatic rings. The van der Waals surface area contributed by atoms with Crippen LogP contribution < -0.4 is 0 Å². The molecule has 33 heavy (non-hydrogen) atoms. The Balaban J connectivity index is 1.88. The van der Waals surface area contributed by atoms with Gasteiger partial charge in [0.2, 0.25) is 0 Å². The van der Waals surface area contributed by atoms with Crippen molar-refractivity contribution in [1.29, 1.82) is 0 Å². The van der Waals surface area contributed by atoms with Crippen LogP contribution in [0.1, 0.15) is 48.2 Å². The van der Waals surface area contributed by atoms with E-state index >= 15 is 0 Å². The first kappa shape index (κ1) is 23.3. The Morgan fingerprint density at radius 3 is 2.30 bits per heavy atom. The van der Waals surface area contributed by atoms with Crippen molar-refractivity contribution in [2.75, 3.05) is 0 Å². The minimum absolute atomic E-state index is 0.332. The summed E-state index contributed by atoms with van der Waals surface area (Å²) in [5.41, 5.74) is 2.52. The molecule has 0 aromatic heterocycles. The van der Waals surface area contributed by atoms with Crippen molar-refractivity contribution in [3.63, 3.8) is 0 Å². The predicted molar refractivity (Wildman–Crippen MR) is 127 cm³/mol. The van der Waals surface area contributed by atoms with Gasteiger partial charge >= 0.3 is 5.97 Å². The van der Waals surface area contributed by atoms with Crippen LogP contribution in [0.25, 0.3) is 0 Å². The second-order valence-corrected chi connectivity index (χ2v) is 8.90. The van der Waals surface area contributed by atoms with Gasteiger partial charge in [-0.2, -0.15) is 0 Å². The summed E-state index contributed by atoms with van der Waals surface area (Å²) >= 11 is 12.4. The van der Waals surface area contributed by atoms with Crippen molar-refractivity contribution in [2.45, 2.75) is 37.6 Å². The van der Waals surface area contributed by atoms with Gasteiger partial charge in [-0.25, -0.2) is 0 Å². The molecular formula is C26H23Cl2NO4. The molecule has 3 aromatic carbocycles. The Morgan fingerprint density at radius 2 is 1.67 bits per heavy atom. The number of carbonyl (C=O) groups excluding carboxylic acids is 1. The number of carboxylic acids is 1. The fourth-order valence-corrected chi connectivity index (χ4v) is 4.64. The lowest BCUT2D eigenvalue weighted by atomic mass is 9.89. The highest BCUT2D eigenvalue weighted by Gasteiger charge is 2.46.